The molecule has 0 fully saturated rings. The molecule has 0 aliphatic carbocycles. The van der Waals surface area contributed by atoms with Crippen LogP contribution < -0.4 is 5.73 Å². The molecule has 0 amide bonds. The van der Waals surface area contributed by atoms with Crippen LogP contribution in [0.1, 0.15) is 5.89 Å². The molecule has 4 heteroatoms. The normalized spacial score (nSPS) is 10.9. The SMILES string of the molecule is NCCc1nc(-c2ccc3ccccc3c2)no1. The van der Waals surface area contributed by atoms with Crippen molar-refractivity contribution in [2.45, 2.75) is 6.42 Å². The van der Waals surface area contributed by atoms with Crippen molar-refractivity contribution in [3.8, 4) is 11.4 Å². The van der Waals surface area contributed by atoms with E-state index in [-0.39, 0.29) is 0 Å². The van der Waals surface area contributed by atoms with Gasteiger partial charge in [0.05, 0.1) is 0 Å². The molecule has 0 radical (unpaired) electrons. The summed E-state index contributed by atoms with van der Waals surface area (Å²) in [4.78, 5) is 4.32. The zero-order valence-corrected chi connectivity index (χ0v) is 9.84. The zero-order valence-electron chi connectivity index (χ0n) is 9.84. The van der Waals surface area contributed by atoms with E-state index in [0.717, 1.165) is 5.56 Å². The second-order valence-electron chi connectivity index (χ2n) is 4.11. The molecule has 0 bridgehead atoms. The summed E-state index contributed by atoms with van der Waals surface area (Å²) >= 11 is 0. The van der Waals surface area contributed by atoms with E-state index < -0.39 is 0 Å². The molecular weight excluding hydrogens is 226 g/mol. The fourth-order valence-electron chi connectivity index (χ4n) is 1.93. The Balaban J connectivity index is 2.02. The largest absolute Gasteiger partial charge is 0.339 e. The lowest BCUT2D eigenvalue weighted by Crippen LogP contribution is -2.02. The molecule has 0 unspecified atom stereocenters. The van der Waals surface area contributed by atoms with Gasteiger partial charge in [-0.25, -0.2) is 0 Å². The van der Waals surface area contributed by atoms with Crippen LogP contribution in [0.5, 0.6) is 0 Å². The van der Waals surface area contributed by atoms with E-state index in [9.17, 15) is 0 Å². The maximum atomic E-state index is 5.46. The van der Waals surface area contributed by atoms with Gasteiger partial charge in [0.25, 0.3) is 0 Å². The fourth-order valence-corrected chi connectivity index (χ4v) is 1.93. The Bertz CT molecular complexity index is 675. The first-order chi connectivity index (χ1) is 8.86. The average Bonchev–Trinajstić information content (AvgIpc) is 2.87. The summed E-state index contributed by atoms with van der Waals surface area (Å²) in [6, 6.07) is 14.3. The topological polar surface area (TPSA) is 64.9 Å². The molecule has 1 heterocycles. The summed E-state index contributed by atoms with van der Waals surface area (Å²) < 4.78 is 5.13. The molecule has 0 aliphatic rings. The minimum absolute atomic E-state index is 0.513. The van der Waals surface area contributed by atoms with Gasteiger partial charge >= 0.3 is 0 Å². The van der Waals surface area contributed by atoms with Crippen LogP contribution >= 0.6 is 0 Å². The molecule has 0 saturated heterocycles. The predicted octanol–water partition coefficient (Wildman–Crippen LogP) is 2.39. The number of rotatable bonds is 3. The van der Waals surface area contributed by atoms with Gasteiger partial charge < -0.3 is 10.3 Å². The summed E-state index contributed by atoms with van der Waals surface area (Å²) in [5.74, 6) is 1.20. The van der Waals surface area contributed by atoms with E-state index in [0.29, 0.717) is 24.7 Å². The van der Waals surface area contributed by atoms with Crippen LogP contribution in [0.15, 0.2) is 47.0 Å². The van der Waals surface area contributed by atoms with Gasteiger partial charge in [0.15, 0.2) is 0 Å². The van der Waals surface area contributed by atoms with Crippen molar-refractivity contribution in [1.82, 2.24) is 10.1 Å². The van der Waals surface area contributed by atoms with E-state index in [1.807, 2.05) is 18.2 Å². The van der Waals surface area contributed by atoms with Crippen LogP contribution in [0.3, 0.4) is 0 Å². The third-order valence-corrected chi connectivity index (χ3v) is 2.83. The van der Waals surface area contributed by atoms with Gasteiger partial charge in [0.1, 0.15) is 0 Å². The number of fused-ring (bicyclic) bond motifs is 1. The van der Waals surface area contributed by atoms with Crippen molar-refractivity contribution < 1.29 is 4.52 Å². The van der Waals surface area contributed by atoms with Crippen molar-refractivity contribution in [3.63, 3.8) is 0 Å². The molecule has 0 spiro atoms. The number of benzene rings is 2. The highest BCUT2D eigenvalue weighted by atomic mass is 16.5. The summed E-state index contributed by atoms with van der Waals surface area (Å²) in [5, 5.41) is 6.34. The standard InChI is InChI=1S/C14H13N3O/c15-8-7-13-16-14(17-18-13)12-6-5-10-3-1-2-4-11(10)9-12/h1-6,9H,7-8,15H2. The Kier molecular flexibility index (Phi) is 2.78. The number of nitrogens with zero attached hydrogens (tertiary/aromatic N) is 2. The first kappa shape index (κ1) is 10.9. The van der Waals surface area contributed by atoms with Crippen molar-refractivity contribution in [3.05, 3.63) is 48.4 Å². The molecule has 0 atom stereocenters. The van der Waals surface area contributed by atoms with Gasteiger partial charge in [-0.1, -0.05) is 41.6 Å². The number of nitrogens with two attached hydrogens (primary N) is 1. The van der Waals surface area contributed by atoms with Crippen LogP contribution in [-0.2, 0) is 6.42 Å². The molecule has 0 aliphatic heterocycles. The third-order valence-electron chi connectivity index (χ3n) is 2.83. The molecule has 4 nitrogen and oxygen atoms in total. The molecule has 1 aromatic heterocycles. The third kappa shape index (κ3) is 1.98. The second kappa shape index (κ2) is 4.58. The van der Waals surface area contributed by atoms with Crippen molar-refractivity contribution in [2.24, 2.45) is 5.73 Å². The molecule has 3 aromatic rings. The Morgan fingerprint density at radius 3 is 2.72 bits per heavy atom. The Labute approximate surface area is 104 Å². The highest BCUT2D eigenvalue weighted by molar-refractivity contribution is 5.86. The van der Waals surface area contributed by atoms with Crippen LogP contribution in [-0.4, -0.2) is 16.7 Å². The maximum absolute atomic E-state index is 5.46. The summed E-state index contributed by atoms with van der Waals surface area (Å²) in [5.41, 5.74) is 6.41. The van der Waals surface area contributed by atoms with Crippen molar-refractivity contribution in [1.29, 1.82) is 0 Å². The number of hydrogen-bond donors (Lipinski definition) is 1. The summed E-state index contributed by atoms with van der Waals surface area (Å²) in [6.07, 6.45) is 0.612. The van der Waals surface area contributed by atoms with E-state index in [1.54, 1.807) is 0 Å². The van der Waals surface area contributed by atoms with Crippen LogP contribution in [0.25, 0.3) is 22.2 Å². The van der Waals surface area contributed by atoms with Crippen LogP contribution in [0.2, 0.25) is 0 Å². The lowest BCUT2D eigenvalue weighted by molar-refractivity contribution is 0.380. The van der Waals surface area contributed by atoms with Gasteiger partial charge in [0, 0.05) is 18.5 Å². The van der Waals surface area contributed by atoms with E-state index in [4.69, 9.17) is 10.3 Å². The van der Waals surface area contributed by atoms with Gasteiger partial charge in [0.2, 0.25) is 11.7 Å². The number of hydrogen-bond acceptors (Lipinski definition) is 4. The average molecular weight is 239 g/mol. The lowest BCUT2D eigenvalue weighted by Gasteiger charge is -1.99. The van der Waals surface area contributed by atoms with Gasteiger partial charge in [-0.15, -0.1) is 0 Å². The zero-order chi connectivity index (χ0) is 12.4. The van der Waals surface area contributed by atoms with Crippen molar-refractivity contribution in [2.75, 3.05) is 6.54 Å². The number of aromatic nitrogens is 2. The Hall–Kier alpha value is -2.20. The molecule has 2 N–H and O–H groups in total. The first-order valence-electron chi connectivity index (χ1n) is 5.88. The van der Waals surface area contributed by atoms with Gasteiger partial charge in [-0.05, 0) is 16.8 Å². The van der Waals surface area contributed by atoms with E-state index >= 15 is 0 Å². The van der Waals surface area contributed by atoms with Gasteiger partial charge in [-0.2, -0.15) is 4.98 Å². The minimum Gasteiger partial charge on any atom is -0.339 e. The second-order valence-corrected chi connectivity index (χ2v) is 4.11. The highest BCUT2D eigenvalue weighted by Crippen LogP contribution is 2.22. The van der Waals surface area contributed by atoms with E-state index in [1.165, 1.54) is 10.8 Å². The molecular formula is C14H13N3O. The van der Waals surface area contributed by atoms with E-state index in [2.05, 4.69) is 34.4 Å². The molecule has 3 rings (SSSR count). The van der Waals surface area contributed by atoms with Crippen LogP contribution in [0.4, 0.5) is 0 Å². The Morgan fingerprint density at radius 2 is 1.89 bits per heavy atom. The van der Waals surface area contributed by atoms with Crippen LogP contribution in [0, 0.1) is 0 Å². The monoisotopic (exact) mass is 239 g/mol. The smallest absolute Gasteiger partial charge is 0.228 e. The first-order valence-corrected chi connectivity index (χ1v) is 5.88. The van der Waals surface area contributed by atoms with Gasteiger partial charge in [-0.3, -0.25) is 0 Å². The molecule has 0 saturated carbocycles. The molecule has 90 valence electrons. The molecule has 18 heavy (non-hydrogen) atoms. The summed E-state index contributed by atoms with van der Waals surface area (Å²) in [7, 11) is 0. The predicted molar refractivity (Wildman–Crippen MR) is 70.0 cm³/mol. The quantitative estimate of drug-likeness (QED) is 0.762. The lowest BCUT2D eigenvalue weighted by atomic mass is 10.1. The Morgan fingerprint density at radius 1 is 1.06 bits per heavy atom. The highest BCUT2D eigenvalue weighted by Gasteiger charge is 2.08. The fraction of sp³-hybridized carbons (Fsp3) is 0.143. The van der Waals surface area contributed by atoms with Crippen molar-refractivity contribution >= 4 is 10.8 Å². The maximum Gasteiger partial charge on any atom is 0.228 e. The summed E-state index contributed by atoms with van der Waals surface area (Å²) in [6.45, 7) is 0.513. The molecule has 2 aromatic carbocycles. The minimum atomic E-state index is 0.513.